The Labute approximate surface area is 199 Å². The van der Waals surface area contributed by atoms with Gasteiger partial charge in [0, 0.05) is 17.6 Å². The highest BCUT2D eigenvalue weighted by Crippen LogP contribution is 2.43. The first-order valence-electron chi connectivity index (χ1n) is 10.8. The lowest BCUT2D eigenvalue weighted by molar-refractivity contribution is 0.0971. The molecule has 0 saturated carbocycles. The summed E-state index contributed by atoms with van der Waals surface area (Å²) in [4.78, 5) is 33.1. The Morgan fingerprint density at radius 3 is 2.59 bits per heavy atom. The fourth-order valence-electron chi connectivity index (χ4n) is 4.18. The summed E-state index contributed by atoms with van der Waals surface area (Å²) in [7, 11) is 1.55. The van der Waals surface area contributed by atoms with E-state index in [0.717, 1.165) is 0 Å². The molecule has 2 aromatic carbocycles. The van der Waals surface area contributed by atoms with Crippen LogP contribution in [-0.2, 0) is 0 Å². The van der Waals surface area contributed by atoms with Crippen LogP contribution in [0.4, 0.5) is 5.13 Å². The predicted molar refractivity (Wildman–Crippen MR) is 129 cm³/mol. The lowest BCUT2D eigenvalue weighted by Gasteiger charge is -2.23. The standard InChI is InChI=1S/C25H22N2O6S/c1-4-31-15-7-8-16-18(13-15)33-23-20(22(16)28)21(27(24(23)29)25-26-10-11-34-25)14-6-9-17(32-5-2)19(12-14)30-3/h6-13,21H,4-5H2,1-3H3. The first-order chi connectivity index (χ1) is 16.6. The Morgan fingerprint density at radius 1 is 1.06 bits per heavy atom. The first kappa shape index (κ1) is 22.0. The number of ether oxygens (including phenoxy) is 3. The molecule has 0 fully saturated rings. The average Bonchev–Trinajstić information content (AvgIpc) is 3.46. The SMILES string of the molecule is CCOc1ccc2c(=O)c3c(oc2c1)C(=O)N(c1nccs1)C3c1ccc(OCC)c(OC)c1. The molecule has 1 aliphatic rings. The van der Waals surface area contributed by atoms with Crippen LogP contribution in [0.25, 0.3) is 11.0 Å². The summed E-state index contributed by atoms with van der Waals surface area (Å²) in [5.41, 5.74) is 0.972. The molecule has 0 N–H and O–H groups in total. The van der Waals surface area contributed by atoms with Gasteiger partial charge in [0.15, 0.2) is 22.1 Å². The summed E-state index contributed by atoms with van der Waals surface area (Å²) in [6.07, 6.45) is 1.62. The van der Waals surface area contributed by atoms with E-state index < -0.39 is 11.9 Å². The number of hydrogen-bond acceptors (Lipinski definition) is 8. The van der Waals surface area contributed by atoms with E-state index in [1.807, 2.05) is 19.9 Å². The van der Waals surface area contributed by atoms with Gasteiger partial charge in [-0.05, 0) is 43.7 Å². The third-order valence-electron chi connectivity index (χ3n) is 5.58. The molecule has 4 aromatic rings. The molecule has 8 nitrogen and oxygen atoms in total. The number of aromatic nitrogens is 1. The summed E-state index contributed by atoms with van der Waals surface area (Å²) in [5.74, 6) is 1.22. The minimum Gasteiger partial charge on any atom is -0.494 e. The molecule has 0 spiro atoms. The summed E-state index contributed by atoms with van der Waals surface area (Å²) in [5, 5.41) is 2.62. The second-order valence-electron chi connectivity index (χ2n) is 7.50. The lowest BCUT2D eigenvalue weighted by Crippen LogP contribution is -2.29. The zero-order valence-electron chi connectivity index (χ0n) is 18.9. The average molecular weight is 479 g/mol. The van der Waals surface area contributed by atoms with Crippen LogP contribution in [0.1, 0.15) is 41.6 Å². The number of amides is 1. The third-order valence-corrected chi connectivity index (χ3v) is 6.35. The van der Waals surface area contributed by atoms with E-state index in [2.05, 4.69) is 4.98 Å². The minimum atomic E-state index is -0.731. The fourth-order valence-corrected chi connectivity index (χ4v) is 4.85. The van der Waals surface area contributed by atoms with Crippen LogP contribution in [0.5, 0.6) is 17.2 Å². The predicted octanol–water partition coefficient (Wildman–Crippen LogP) is 4.81. The van der Waals surface area contributed by atoms with Gasteiger partial charge in [-0.1, -0.05) is 6.07 Å². The van der Waals surface area contributed by atoms with E-state index in [9.17, 15) is 9.59 Å². The molecule has 5 rings (SSSR count). The molecule has 0 radical (unpaired) electrons. The number of thiazole rings is 1. The molecule has 1 amide bonds. The number of nitrogens with zero attached hydrogens (tertiary/aromatic N) is 2. The van der Waals surface area contributed by atoms with Crippen molar-refractivity contribution < 1.29 is 23.4 Å². The van der Waals surface area contributed by atoms with Gasteiger partial charge in [0.2, 0.25) is 5.76 Å². The first-order valence-corrected chi connectivity index (χ1v) is 11.7. The van der Waals surface area contributed by atoms with Gasteiger partial charge in [-0.3, -0.25) is 14.5 Å². The maximum atomic E-state index is 13.7. The smallest absolute Gasteiger partial charge is 0.297 e. The number of hydrogen-bond donors (Lipinski definition) is 0. The maximum absolute atomic E-state index is 13.7. The fraction of sp³-hybridized carbons (Fsp3) is 0.240. The second kappa shape index (κ2) is 8.83. The van der Waals surface area contributed by atoms with Crippen molar-refractivity contribution in [3.05, 3.63) is 75.1 Å². The van der Waals surface area contributed by atoms with E-state index in [1.165, 1.54) is 16.2 Å². The Bertz CT molecular complexity index is 1430. The van der Waals surface area contributed by atoms with Crippen LogP contribution in [0.2, 0.25) is 0 Å². The highest BCUT2D eigenvalue weighted by atomic mass is 32.1. The maximum Gasteiger partial charge on any atom is 0.297 e. The van der Waals surface area contributed by atoms with Gasteiger partial charge in [0.05, 0.1) is 37.3 Å². The van der Waals surface area contributed by atoms with Crippen LogP contribution < -0.4 is 24.5 Å². The molecule has 9 heteroatoms. The Hall–Kier alpha value is -3.85. The van der Waals surface area contributed by atoms with E-state index in [4.69, 9.17) is 18.6 Å². The van der Waals surface area contributed by atoms with Crippen molar-refractivity contribution in [1.82, 2.24) is 4.98 Å². The van der Waals surface area contributed by atoms with Crippen molar-refractivity contribution >= 4 is 33.3 Å². The highest BCUT2D eigenvalue weighted by Gasteiger charge is 2.45. The van der Waals surface area contributed by atoms with E-state index in [0.29, 0.717) is 52.1 Å². The molecule has 174 valence electrons. The molecule has 0 bridgehead atoms. The molecule has 0 saturated heterocycles. The van der Waals surface area contributed by atoms with Crippen molar-refractivity contribution in [2.75, 3.05) is 25.2 Å². The zero-order valence-corrected chi connectivity index (χ0v) is 19.7. The van der Waals surface area contributed by atoms with Gasteiger partial charge in [0.25, 0.3) is 5.91 Å². The number of carbonyl (C=O) groups excluding carboxylic acids is 1. The number of methoxy groups -OCH3 is 1. The van der Waals surface area contributed by atoms with Crippen LogP contribution >= 0.6 is 11.3 Å². The number of benzene rings is 2. The number of rotatable bonds is 7. The van der Waals surface area contributed by atoms with E-state index in [-0.39, 0.29) is 16.8 Å². The molecule has 1 unspecified atom stereocenters. The normalized spacial score (nSPS) is 15.0. The third kappa shape index (κ3) is 3.49. The summed E-state index contributed by atoms with van der Waals surface area (Å²) in [6, 6.07) is 9.67. The van der Waals surface area contributed by atoms with Crippen molar-refractivity contribution in [1.29, 1.82) is 0 Å². The van der Waals surface area contributed by atoms with Gasteiger partial charge in [0.1, 0.15) is 11.3 Å². The van der Waals surface area contributed by atoms with Gasteiger partial charge >= 0.3 is 0 Å². The van der Waals surface area contributed by atoms with Gasteiger partial charge < -0.3 is 18.6 Å². The summed E-state index contributed by atoms with van der Waals surface area (Å²) >= 11 is 1.31. The summed E-state index contributed by atoms with van der Waals surface area (Å²) in [6.45, 7) is 4.70. The topological polar surface area (TPSA) is 91.1 Å². The van der Waals surface area contributed by atoms with Crippen LogP contribution in [-0.4, -0.2) is 31.2 Å². The minimum absolute atomic E-state index is 0.000741. The number of fused-ring (bicyclic) bond motifs is 2. The zero-order chi connectivity index (χ0) is 23.8. The van der Waals surface area contributed by atoms with Gasteiger partial charge in [-0.2, -0.15) is 0 Å². The van der Waals surface area contributed by atoms with Crippen LogP contribution in [0.15, 0.2) is 57.2 Å². The molecule has 1 atom stereocenters. The second-order valence-corrected chi connectivity index (χ2v) is 8.37. The summed E-state index contributed by atoms with van der Waals surface area (Å²) < 4.78 is 22.7. The molecule has 34 heavy (non-hydrogen) atoms. The van der Waals surface area contributed by atoms with Crippen molar-refractivity contribution in [3.63, 3.8) is 0 Å². The number of anilines is 1. The molecule has 1 aliphatic heterocycles. The molecule has 0 aliphatic carbocycles. The highest BCUT2D eigenvalue weighted by molar-refractivity contribution is 7.13. The van der Waals surface area contributed by atoms with Gasteiger partial charge in [-0.15, -0.1) is 11.3 Å². The molecule has 3 heterocycles. The quantitative estimate of drug-likeness (QED) is 0.377. The Balaban J connectivity index is 1.74. The van der Waals surface area contributed by atoms with Crippen LogP contribution in [0.3, 0.4) is 0 Å². The Morgan fingerprint density at radius 2 is 1.88 bits per heavy atom. The lowest BCUT2D eigenvalue weighted by atomic mass is 9.98. The molecular formula is C25H22N2O6S. The molecule has 2 aromatic heterocycles. The number of carbonyl (C=O) groups is 1. The van der Waals surface area contributed by atoms with E-state index >= 15 is 0 Å². The van der Waals surface area contributed by atoms with Crippen molar-refractivity contribution in [3.8, 4) is 17.2 Å². The Kier molecular flexibility index (Phi) is 5.70. The largest absolute Gasteiger partial charge is 0.494 e. The van der Waals surface area contributed by atoms with Crippen molar-refractivity contribution in [2.45, 2.75) is 19.9 Å². The van der Waals surface area contributed by atoms with Crippen LogP contribution in [0, 0.1) is 0 Å². The van der Waals surface area contributed by atoms with E-state index in [1.54, 1.807) is 49.0 Å². The van der Waals surface area contributed by atoms with Gasteiger partial charge in [-0.25, -0.2) is 4.98 Å². The van der Waals surface area contributed by atoms with Crippen molar-refractivity contribution in [2.24, 2.45) is 0 Å². The molecular weight excluding hydrogens is 456 g/mol. The monoisotopic (exact) mass is 478 g/mol.